The number of hydrogen-bond donors (Lipinski definition) is 6. The molecule has 0 aliphatic heterocycles. The van der Waals surface area contributed by atoms with Crippen LogP contribution in [0.2, 0.25) is 0 Å². The van der Waals surface area contributed by atoms with Crippen LogP contribution >= 0.6 is 0 Å². The summed E-state index contributed by atoms with van der Waals surface area (Å²) in [5, 5.41) is 50.4. The predicted molar refractivity (Wildman–Crippen MR) is 63.3 cm³/mol. The van der Waals surface area contributed by atoms with E-state index in [-0.39, 0.29) is 51.5 Å². The largest absolute Gasteiger partial charge is 0.396 e. The molecule has 0 aromatic heterocycles. The Morgan fingerprint density at radius 2 is 0.941 bits per heavy atom. The van der Waals surface area contributed by atoms with Crippen molar-refractivity contribution >= 4 is 0 Å². The fourth-order valence-corrected chi connectivity index (χ4v) is 1.04. The Morgan fingerprint density at radius 1 is 0.529 bits per heavy atom. The van der Waals surface area contributed by atoms with Crippen LogP contribution in [0.4, 0.5) is 0 Å². The van der Waals surface area contributed by atoms with Crippen molar-refractivity contribution in [3.8, 4) is 0 Å². The third-order valence-corrected chi connectivity index (χ3v) is 2.34. The lowest BCUT2D eigenvalue weighted by Crippen LogP contribution is -2.12. The molecule has 0 heterocycles. The van der Waals surface area contributed by atoms with Crippen molar-refractivity contribution in [1.82, 2.24) is 0 Å². The van der Waals surface area contributed by atoms with Gasteiger partial charge in [-0.05, 0) is 19.3 Å². The van der Waals surface area contributed by atoms with Crippen LogP contribution in [0.5, 0.6) is 0 Å². The molecule has 6 heteroatoms. The summed E-state index contributed by atoms with van der Waals surface area (Å²) in [6.45, 7) is 0.101. The van der Waals surface area contributed by atoms with Crippen LogP contribution in [0.25, 0.3) is 0 Å². The number of hydrogen-bond acceptors (Lipinski definition) is 6. The molecule has 0 aliphatic carbocycles. The van der Waals surface area contributed by atoms with Gasteiger partial charge in [-0.3, -0.25) is 0 Å². The molecule has 0 radical (unpaired) electrons. The highest BCUT2D eigenvalue weighted by molar-refractivity contribution is 4.54. The van der Waals surface area contributed by atoms with E-state index in [9.17, 15) is 0 Å². The minimum absolute atomic E-state index is 0.0104. The average Bonchev–Trinajstić information content (AvgIpc) is 2.38. The zero-order valence-electron chi connectivity index (χ0n) is 10.2. The molecule has 0 saturated heterocycles. The maximum absolute atomic E-state index is 8.51. The topological polar surface area (TPSA) is 121 Å². The molecule has 0 saturated carbocycles. The minimum atomic E-state index is -0.139. The van der Waals surface area contributed by atoms with Gasteiger partial charge in [-0.2, -0.15) is 0 Å². The molecule has 6 N–H and O–H groups in total. The van der Waals surface area contributed by atoms with Crippen molar-refractivity contribution in [2.75, 3.05) is 39.6 Å². The standard InChI is InChI=1S/C6H14O3.C5H12O3/c7-3-1-2-6(4-8)5-9;6-2-1-5(3-7)4-8/h6-9H,1-5H2;5-8H,1-4H2. The quantitative estimate of drug-likeness (QED) is 0.292. The smallest absolute Gasteiger partial charge is 0.0482 e. The molecule has 0 aromatic rings. The molecule has 0 rings (SSSR count). The second-order valence-corrected chi connectivity index (χ2v) is 3.84. The second-order valence-electron chi connectivity index (χ2n) is 3.84. The summed E-state index contributed by atoms with van der Waals surface area (Å²) in [4.78, 5) is 0. The van der Waals surface area contributed by atoms with E-state index in [4.69, 9.17) is 30.6 Å². The molecule has 0 amide bonds. The maximum Gasteiger partial charge on any atom is 0.0482 e. The van der Waals surface area contributed by atoms with Crippen molar-refractivity contribution in [3.63, 3.8) is 0 Å². The van der Waals surface area contributed by atoms with Crippen LogP contribution in [-0.2, 0) is 0 Å². The highest BCUT2D eigenvalue weighted by Crippen LogP contribution is 2.02. The molecule has 17 heavy (non-hydrogen) atoms. The van der Waals surface area contributed by atoms with Crippen molar-refractivity contribution in [3.05, 3.63) is 0 Å². The average molecular weight is 254 g/mol. The van der Waals surface area contributed by atoms with Crippen LogP contribution in [0.15, 0.2) is 0 Å². The van der Waals surface area contributed by atoms with Crippen molar-refractivity contribution in [1.29, 1.82) is 0 Å². The van der Waals surface area contributed by atoms with Crippen LogP contribution in [0.1, 0.15) is 19.3 Å². The molecular formula is C11H26O6. The van der Waals surface area contributed by atoms with Gasteiger partial charge >= 0.3 is 0 Å². The number of aliphatic hydroxyl groups is 6. The van der Waals surface area contributed by atoms with E-state index in [2.05, 4.69) is 0 Å². The van der Waals surface area contributed by atoms with Gasteiger partial charge in [0.2, 0.25) is 0 Å². The summed E-state index contributed by atoms with van der Waals surface area (Å²) in [7, 11) is 0. The number of rotatable bonds is 9. The Kier molecular flexibility index (Phi) is 17.7. The monoisotopic (exact) mass is 254 g/mol. The number of aliphatic hydroxyl groups excluding tert-OH is 6. The lowest BCUT2D eigenvalue weighted by atomic mass is 10.1. The van der Waals surface area contributed by atoms with Crippen LogP contribution in [0, 0.1) is 11.8 Å². The van der Waals surface area contributed by atoms with E-state index < -0.39 is 0 Å². The normalized spacial score (nSPS) is 10.6. The van der Waals surface area contributed by atoms with Gasteiger partial charge in [0.15, 0.2) is 0 Å². The van der Waals surface area contributed by atoms with E-state index >= 15 is 0 Å². The first-order chi connectivity index (χ1) is 8.19. The summed E-state index contributed by atoms with van der Waals surface area (Å²) in [5.41, 5.74) is 0. The van der Waals surface area contributed by atoms with Gasteiger partial charge in [0.05, 0.1) is 0 Å². The van der Waals surface area contributed by atoms with Gasteiger partial charge in [-0.25, -0.2) is 0 Å². The predicted octanol–water partition coefficient (Wildman–Crippen LogP) is -1.67. The molecule has 0 unspecified atom stereocenters. The van der Waals surface area contributed by atoms with Crippen LogP contribution in [0.3, 0.4) is 0 Å². The van der Waals surface area contributed by atoms with Gasteiger partial charge in [0.25, 0.3) is 0 Å². The maximum atomic E-state index is 8.51. The highest BCUT2D eigenvalue weighted by atomic mass is 16.3. The van der Waals surface area contributed by atoms with Gasteiger partial charge in [-0.15, -0.1) is 0 Å². The fraction of sp³-hybridized carbons (Fsp3) is 1.00. The Labute approximate surface area is 102 Å². The third kappa shape index (κ3) is 13.7. The van der Waals surface area contributed by atoms with E-state index in [1.54, 1.807) is 0 Å². The van der Waals surface area contributed by atoms with Crippen molar-refractivity contribution < 1.29 is 30.6 Å². The third-order valence-electron chi connectivity index (χ3n) is 2.34. The Morgan fingerprint density at radius 3 is 1.18 bits per heavy atom. The van der Waals surface area contributed by atoms with Crippen LogP contribution in [-0.4, -0.2) is 70.3 Å². The summed E-state index contributed by atoms with van der Waals surface area (Å²) in [5.74, 6) is -0.183. The molecular weight excluding hydrogens is 228 g/mol. The SMILES string of the molecule is OCCC(CO)CO.OCCCC(CO)CO. The lowest BCUT2D eigenvalue weighted by Gasteiger charge is -2.07. The minimum Gasteiger partial charge on any atom is -0.396 e. The van der Waals surface area contributed by atoms with Crippen molar-refractivity contribution in [2.45, 2.75) is 19.3 Å². The molecule has 6 nitrogen and oxygen atoms in total. The van der Waals surface area contributed by atoms with Crippen molar-refractivity contribution in [2.24, 2.45) is 11.8 Å². The first-order valence-electron chi connectivity index (χ1n) is 5.85. The van der Waals surface area contributed by atoms with Gasteiger partial charge in [0.1, 0.15) is 0 Å². The zero-order valence-corrected chi connectivity index (χ0v) is 10.2. The molecule has 0 aliphatic rings. The molecule has 0 spiro atoms. The summed E-state index contributed by atoms with van der Waals surface area (Å²) < 4.78 is 0. The zero-order chi connectivity index (χ0) is 13.5. The van der Waals surface area contributed by atoms with E-state index in [0.29, 0.717) is 19.3 Å². The molecule has 0 fully saturated rings. The lowest BCUT2D eigenvalue weighted by molar-refractivity contribution is 0.124. The van der Waals surface area contributed by atoms with E-state index in [0.717, 1.165) is 0 Å². The van der Waals surface area contributed by atoms with E-state index in [1.807, 2.05) is 0 Å². The summed E-state index contributed by atoms with van der Waals surface area (Å²) in [6.07, 6.45) is 1.84. The first-order valence-corrected chi connectivity index (χ1v) is 5.85. The highest BCUT2D eigenvalue weighted by Gasteiger charge is 2.03. The summed E-state index contributed by atoms with van der Waals surface area (Å²) in [6, 6.07) is 0. The fourth-order valence-electron chi connectivity index (χ4n) is 1.04. The van der Waals surface area contributed by atoms with Gasteiger partial charge in [0, 0.05) is 51.5 Å². The Hall–Kier alpha value is -0.240. The molecule has 106 valence electrons. The van der Waals surface area contributed by atoms with Gasteiger partial charge in [-0.1, -0.05) is 0 Å². The first kappa shape index (κ1) is 19.1. The molecule has 0 bridgehead atoms. The second kappa shape index (κ2) is 15.8. The molecule has 0 atom stereocenters. The molecule has 0 aromatic carbocycles. The van der Waals surface area contributed by atoms with Crippen LogP contribution < -0.4 is 0 Å². The summed E-state index contributed by atoms with van der Waals surface area (Å²) >= 11 is 0. The Balaban J connectivity index is 0. The Bertz CT molecular complexity index is 125. The van der Waals surface area contributed by atoms with Gasteiger partial charge < -0.3 is 30.6 Å². The van der Waals surface area contributed by atoms with E-state index in [1.165, 1.54) is 0 Å².